The molecule has 0 radical (unpaired) electrons. The third kappa shape index (κ3) is 4.06. The van der Waals surface area contributed by atoms with E-state index in [-0.39, 0.29) is 0 Å². The number of ether oxygens (including phenoxy) is 1. The highest BCUT2D eigenvalue weighted by Gasteiger charge is 2.29. The second-order valence-corrected chi connectivity index (χ2v) is 7.27. The van der Waals surface area contributed by atoms with E-state index in [4.69, 9.17) is 9.84 Å². The summed E-state index contributed by atoms with van der Waals surface area (Å²) in [5.41, 5.74) is 3.65. The molecule has 1 aliphatic carbocycles. The van der Waals surface area contributed by atoms with Crippen molar-refractivity contribution in [1.29, 1.82) is 0 Å². The van der Waals surface area contributed by atoms with Crippen LogP contribution in [0.25, 0.3) is 0 Å². The predicted molar refractivity (Wildman–Crippen MR) is 108 cm³/mol. The minimum absolute atomic E-state index is 0.293. The number of carboxylic acid groups (broad SMARTS) is 1. The van der Waals surface area contributed by atoms with Crippen LogP contribution in [0.4, 0.5) is 0 Å². The molecular weight excluding hydrogens is 350 g/mol. The zero-order valence-electron chi connectivity index (χ0n) is 15.6. The Labute approximate surface area is 164 Å². The van der Waals surface area contributed by atoms with Gasteiger partial charge in [-0.1, -0.05) is 36.8 Å². The molecule has 0 spiro atoms. The first-order chi connectivity index (χ1) is 13.7. The Balaban J connectivity index is 1.51. The molecule has 4 heteroatoms. The average molecular weight is 373 g/mol. The van der Waals surface area contributed by atoms with Crippen molar-refractivity contribution in [2.75, 3.05) is 0 Å². The molecule has 1 N–H and O–H groups in total. The van der Waals surface area contributed by atoms with Crippen LogP contribution in [-0.2, 0) is 6.61 Å². The number of hydrogen-bond donors (Lipinski definition) is 1. The van der Waals surface area contributed by atoms with E-state index in [1.807, 2.05) is 42.5 Å². The minimum atomic E-state index is -0.888. The van der Waals surface area contributed by atoms with Crippen molar-refractivity contribution >= 4 is 5.97 Å². The molecule has 1 fully saturated rings. The molecule has 1 saturated carbocycles. The Morgan fingerprint density at radius 2 is 1.68 bits per heavy atom. The van der Waals surface area contributed by atoms with Crippen LogP contribution >= 0.6 is 0 Å². The van der Waals surface area contributed by atoms with Gasteiger partial charge in [-0.15, -0.1) is 0 Å². The van der Waals surface area contributed by atoms with E-state index in [0.29, 0.717) is 24.0 Å². The highest BCUT2D eigenvalue weighted by Crippen LogP contribution is 2.43. The maximum absolute atomic E-state index is 11.1. The van der Waals surface area contributed by atoms with Crippen LogP contribution in [0.3, 0.4) is 0 Å². The van der Waals surface area contributed by atoms with E-state index in [1.54, 1.807) is 18.3 Å². The van der Waals surface area contributed by atoms with Crippen molar-refractivity contribution in [2.45, 2.75) is 31.8 Å². The van der Waals surface area contributed by atoms with Crippen LogP contribution in [-0.4, -0.2) is 16.1 Å². The number of carboxylic acids is 1. The van der Waals surface area contributed by atoms with Gasteiger partial charge in [0.25, 0.3) is 0 Å². The third-order valence-electron chi connectivity index (χ3n) is 5.49. The molecule has 1 atom stereocenters. The van der Waals surface area contributed by atoms with Crippen molar-refractivity contribution < 1.29 is 14.6 Å². The van der Waals surface area contributed by atoms with Gasteiger partial charge in [0.05, 0.1) is 11.3 Å². The summed E-state index contributed by atoms with van der Waals surface area (Å²) in [5.74, 6) is 0.835. The summed E-state index contributed by atoms with van der Waals surface area (Å²) in [6, 6.07) is 21.4. The molecule has 1 aromatic heterocycles. The van der Waals surface area contributed by atoms with Crippen LogP contribution in [0.2, 0.25) is 0 Å². The molecule has 142 valence electrons. The van der Waals surface area contributed by atoms with Crippen LogP contribution in [0.5, 0.6) is 5.75 Å². The van der Waals surface area contributed by atoms with E-state index in [9.17, 15) is 4.79 Å². The van der Waals surface area contributed by atoms with Crippen LogP contribution in [0.1, 0.15) is 52.4 Å². The summed E-state index contributed by atoms with van der Waals surface area (Å²) < 4.78 is 5.85. The van der Waals surface area contributed by atoms with Crippen molar-refractivity contribution in [2.24, 2.45) is 5.92 Å². The van der Waals surface area contributed by atoms with E-state index in [2.05, 4.69) is 17.1 Å². The van der Waals surface area contributed by atoms with Gasteiger partial charge in [0.15, 0.2) is 0 Å². The van der Waals surface area contributed by atoms with Crippen molar-refractivity contribution in [1.82, 2.24) is 4.98 Å². The molecule has 0 saturated heterocycles. The van der Waals surface area contributed by atoms with Crippen LogP contribution in [0.15, 0.2) is 72.9 Å². The molecule has 0 bridgehead atoms. The molecule has 0 aliphatic heterocycles. The Morgan fingerprint density at radius 1 is 1.00 bits per heavy atom. The number of benzene rings is 2. The normalized spacial score (nSPS) is 14.9. The Hall–Kier alpha value is -3.14. The zero-order chi connectivity index (χ0) is 19.3. The number of aromatic carboxylic acids is 1. The van der Waals surface area contributed by atoms with E-state index < -0.39 is 5.97 Å². The lowest BCUT2D eigenvalue weighted by molar-refractivity contribution is 0.0697. The van der Waals surface area contributed by atoms with Crippen molar-refractivity contribution in [3.8, 4) is 5.75 Å². The second-order valence-electron chi connectivity index (χ2n) is 7.27. The molecular formula is C24H23NO3. The number of rotatable bonds is 7. The van der Waals surface area contributed by atoms with E-state index in [1.165, 1.54) is 30.4 Å². The summed E-state index contributed by atoms with van der Waals surface area (Å²) in [6.07, 6.45) is 5.45. The van der Waals surface area contributed by atoms with Crippen molar-refractivity contribution in [3.63, 3.8) is 0 Å². The van der Waals surface area contributed by atoms with Crippen molar-refractivity contribution in [3.05, 3.63) is 95.3 Å². The van der Waals surface area contributed by atoms with Gasteiger partial charge in [-0.3, -0.25) is 4.98 Å². The SMILES string of the molecule is O=C(O)c1ccc(C(c2ccc(OCc3ccccn3)cc2)C2CCC2)cc1. The number of aromatic nitrogens is 1. The highest BCUT2D eigenvalue weighted by molar-refractivity contribution is 5.87. The second kappa shape index (κ2) is 8.26. The third-order valence-corrected chi connectivity index (χ3v) is 5.49. The molecule has 28 heavy (non-hydrogen) atoms. The van der Waals surface area contributed by atoms with Gasteiger partial charge in [0, 0.05) is 12.1 Å². The average Bonchev–Trinajstić information content (AvgIpc) is 2.70. The lowest BCUT2D eigenvalue weighted by atomic mass is 9.70. The minimum Gasteiger partial charge on any atom is -0.487 e. The summed E-state index contributed by atoms with van der Waals surface area (Å²) in [7, 11) is 0. The fraction of sp³-hybridized carbons (Fsp3) is 0.250. The molecule has 3 aromatic rings. The van der Waals surface area contributed by atoms with Gasteiger partial charge in [-0.05, 0) is 66.3 Å². The lowest BCUT2D eigenvalue weighted by Crippen LogP contribution is -2.21. The predicted octanol–water partition coefficient (Wildman–Crippen LogP) is 5.29. The summed E-state index contributed by atoms with van der Waals surface area (Å²) in [6.45, 7) is 0.447. The van der Waals surface area contributed by atoms with E-state index in [0.717, 1.165) is 11.4 Å². The topological polar surface area (TPSA) is 59.4 Å². The van der Waals surface area contributed by atoms with Gasteiger partial charge < -0.3 is 9.84 Å². The molecule has 4 nitrogen and oxygen atoms in total. The van der Waals surface area contributed by atoms with Crippen LogP contribution in [0, 0.1) is 5.92 Å². The fourth-order valence-electron chi connectivity index (χ4n) is 3.76. The standard InChI is InChI=1S/C24H23NO3/c26-24(27)20-9-7-18(8-10-20)23(17-4-3-5-17)19-11-13-22(14-12-19)28-16-21-6-1-2-15-25-21/h1-2,6-15,17,23H,3-5,16H2,(H,26,27). The smallest absolute Gasteiger partial charge is 0.335 e. The molecule has 0 amide bonds. The van der Waals surface area contributed by atoms with Crippen LogP contribution < -0.4 is 4.74 Å². The number of hydrogen-bond acceptors (Lipinski definition) is 3. The Bertz CT molecular complexity index is 916. The summed E-state index contributed by atoms with van der Waals surface area (Å²) in [4.78, 5) is 15.4. The van der Waals surface area contributed by atoms with Gasteiger partial charge in [0.1, 0.15) is 12.4 Å². The molecule has 1 unspecified atom stereocenters. The molecule has 1 heterocycles. The van der Waals surface area contributed by atoms with E-state index >= 15 is 0 Å². The quantitative estimate of drug-likeness (QED) is 0.611. The monoisotopic (exact) mass is 373 g/mol. The number of nitrogens with zero attached hydrogens (tertiary/aromatic N) is 1. The molecule has 4 rings (SSSR count). The zero-order valence-corrected chi connectivity index (χ0v) is 15.6. The lowest BCUT2D eigenvalue weighted by Gasteiger charge is -2.34. The van der Waals surface area contributed by atoms with Gasteiger partial charge in [0.2, 0.25) is 0 Å². The number of carbonyl (C=O) groups is 1. The highest BCUT2D eigenvalue weighted by atomic mass is 16.5. The molecule has 1 aliphatic rings. The maximum atomic E-state index is 11.1. The first kappa shape index (κ1) is 18.2. The number of pyridine rings is 1. The maximum Gasteiger partial charge on any atom is 0.335 e. The largest absolute Gasteiger partial charge is 0.487 e. The Kier molecular flexibility index (Phi) is 5.38. The first-order valence-electron chi connectivity index (χ1n) is 9.66. The van der Waals surface area contributed by atoms with Gasteiger partial charge in [-0.2, -0.15) is 0 Å². The fourth-order valence-corrected chi connectivity index (χ4v) is 3.76. The molecule has 2 aromatic carbocycles. The van der Waals surface area contributed by atoms with Gasteiger partial charge in [-0.25, -0.2) is 4.79 Å². The Morgan fingerprint density at radius 3 is 2.21 bits per heavy atom. The first-order valence-corrected chi connectivity index (χ1v) is 9.66. The summed E-state index contributed by atoms with van der Waals surface area (Å²) in [5, 5.41) is 9.14. The van der Waals surface area contributed by atoms with Gasteiger partial charge >= 0.3 is 5.97 Å². The summed E-state index contributed by atoms with van der Waals surface area (Å²) >= 11 is 0.